The molecular formula is C96H152N40OS7. The zero-order valence-electron chi connectivity index (χ0n) is 87.7. The molecule has 48 heteroatoms. The van der Waals surface area contributed by atoms with Crippen LogP contribution in [0.2, 0.25) is 0 Å². The highest BCUT2D eigenvalue weighted by Gasteiger charge is 2.23. The number of likely N-dealkylation sites (N-methyl/N-ethyl adjacent to an activating group) is 2. The number of hydrogen-bond acceptors (Lipinski definition) is 36. The van der Waals surface area contributed by atoms with Gasteiger partial charge in [-0.25, -0.2) is 49.9 Å². The van der Waals surface area contributed by atoms with E-state index in [4.69, 9.17) is 33.1 Å². The topological polar surface area (TPSA) is 526 Å². The molecule has 784 valence electrons. The number of furan rings is 1. The van der Waals surface area contributed by atoms with Crippen LogP contribution in [0.1, 0.15) is 142 Å². The van der Waals surface area contributed by atoms with Gasteiger partial charge in [0.2, 0.25) is 29.8 Å². The van der Waals surface area contributed by atoms with Gasteiger partial charge >= 0.3 is 0 Å². The average Bonchev–Trinajstić information content (AvgIpc) is 1.34. The number of aryl methyl sites for hydroxylation is 8. The fourth-order valence-electron chi connectivity index (χ4n) is 14.1. The number of hydrogen-bond donors (Lipinski definition) is 19. The summed E-state index contributed by atoms with van der Waals surface area (Å²) in [4.78, 5) is 85.1. The summed E-state index contributed by atoms with van der Waals surface area (Å²) in [5.41, 5.74) is 44.4. The van der Waals surface area contributed by atoms with Crippen molar-refractivity contribution in [2.45, 2.75) is 211 Å². The Labute approximate surface area is 877 Å². The van der Waals surface area contributed by atoms with Crippen LogP contribution in [0.5, 0.6) is 0 Å². The number of guanidine groups is 16. The molecule has 8 aliphatic rings. The summed E-state index contributed by atoms with van der Waals surface area (Å²) in [6.07, 6.45) is 11.1. The third kappa shape index (κ3) is 40.7. The smallest absolute Gasteiger partial charge is 0.202 e. The first kappa shape index (κ1) is 115. The van der Waals surface area contributed by atoms with Crippen LogP contribution in [0.15, 0.2) is 175 Å². The van der Waals surface area contributed by atoms with Gasteiger partial charge in [0, 0.05) is 128 Å². The summed E-state index contributed by atoms with van der Waals surface area (Å²) in [6, 6.07) is 8.71. The van der Waals surface area contributed by atoms with Crippen molar-refractivity contribution in [1.29, 1.82) is 0 Å². The lowest BCUT2D eigenvalue weighted by atomic mass is 10.1. The van der Waals surface area contributed by atoms with Crippen molar-refractivity contribution < 1.29 is 4.42 Å². The maximum absolute atomic E-state index is 5.70. The summed E-state index contributed by atoms with van der Waals surface area (Å²) in [5.74, 6) is 10.7. The maximum Gasteiger partial charge on any atom is 0.202 e. The van der Waals surface area contributed by atoms with Crippen molar-refractivity contribution in [3.05, 3.63) is 177 Å². The van der Waals surface area contributed by atoms with Gasteiger partial charge in [0.15, 0.2) is 65.6 Å². The van der Waals surface area contributed by atoms with E-state index in [2.05, 4.69) is 291 Å². The molecule has 16 rings (SSSR count). The van der Waals surface area contributed by atoms with Gasteiger partial charge in [0.25, 0.3) is 0 Å². The molecule has 8 aromatic rings. The molecule has 24 N–H and O–H groups in total. The lowest BCUT2D eigenvalue weighted by molar-refractivity contribution is 0.486. The summed E-state index contributed by atoms with van der Waals surface area (Å²) >= 11 is 12.4. The molecule has 41 nitrogen and oxygen atoms in total. The van der Waals surface area contributed by atoms with Crippen LogP contribution >= 0.6 is 79.4 Å². The minimum Gasteiger partial charge on any atom is -0.472 e. The molecule has 0 fully saturated rings. The Kier molecular flexibility index (Phi) is 46.8. The van der Waals surface area contributed by atoms with Crippen LogP contribution in [0.3, 0.4) is 0 Å². The minimum atomic E-state index is -0.105. The van der Waals surface area contributed by atoms with E-state index in [0.717, 1.165) is 145 Å². The predicted octanol–water partition coefficient (Wildman–Crippen LogP) is 8.49. The van der Waals surface area contributed by atoms with E-state index in [9.17, 15) is 0 Å². The van der Waals surface area contributed by atoms with E-state index < -0.39 is 0 Å². The molecule has 0 aromatic carbocycles. The molecule has 0 saturated heterocycles. The van der Waals surface area contributed by atoms with Gasteiger partial charge in [-0.2, -0.15) is 34.0 Å². The molecule has 8 atom stereocenters. The monoisotopic (exact) mass is 2110 g/mol. The van der Waals surface area contributed by atoms with E-state index in [-0.39, 0.29) is 49.3 Å². The van der Waals surface area contributed by atoms with Gasteiger partial charge in [0.1, 0.15) is 49.3 Å². The third-order valence-corrected chi connectivity index (χ3v) is 28.4. The molecule has 0 aliphatic carbocycles. The fraction of sp³-hybridized carbons (Fsp3) is 0.500. The zero-order chi connectivity index (χ0) is 104. The first-order valence-corrected chi connectivity index (χ1v) is 54.3. The SMILES string of the molecule is Cc1cc(CCN=C2NC(N)=NC(C)N2)cs1.Cc1cocc1CCN=C1NC(N(C)C)=NC(C)N1.Cc1cscc1CCN(C)C1=NC(C)N=C(N)N1.Cc1cscc1CCN=C1NC(N(C)C)=NC(C)N1.Cc1cscc1CCN=C1NC(N)=NC(C)N1.Cc1sccc1CCN(C)C1=NC(C)N=C(N)N1.Cc1sccc1CCN=C1NC(N(C)C)=NC(C)N1.Cc1sccc1CCN=C1NC(N)=NC(C)N1. The van der Waals surface area contributed by atoms with Crippen molar-refractivity contribution >= 4 is 175 Å². The highest BCUT2D eigenvalue weighted by molar-refractivity contribution is 7.11. The molecule has 144 heavy (non-hydrogen) atoms. The van der Waals surface area contributed by atoms with Crippen LogP contribution in [-0.2, 0) is 51.4 Å². The fourth-order valence-corrected chi connectivity index (χ4v) is 19.8. The van der Waals surface area contributed by atoms with Crippen LogP contribution in [-0.4, -0.2) is 278 Å². The highest BCUT2D eigenvalue weighted by atomic mass is 32.1. The minimum absolute atomic E-state index is 0.0154. The molecule has 0 amide bonds. The second-order valence-corrected chi connectivity index (χ2v) is 42.0. The molecule has 8 unspecified atom stereocenters. The summed E-state index contributed by atoms with van der Waals surface area (Å²) in [5, 5.41) is 64.9. The quantitative estimate of drug-likeness (QED) is 0.0269. The van der Waals surface area contributed by atoms with Crippen molar-refractivity contribution in [3.63, 3.8) is 0 Å². The van der Waals surface area contributed by atoms with E-state index in [1.54, 1.807) is 91.9 Å². The largest absolute Gasteiger partial charge is 0.472 e. The standard InChI is InChI=1S/C13H21N5O.2C13H21N5S.2C12H19N5S.3C11H17N5S/c1-9-7-19-8-11(9)5-6-14-12-15-10(2)16-13(17-12)18(3)4;1-9-11(6-8-19-9)5-7-14-12-15-10(2)16-13(17-12)18(3)4;1-9-7-19-8-11(9)5-6-14-12-15-10(2)16-13(17-12)18(3)4;1-8-10(5-7-18-8)4-6-17(3)12-15-9(2)14-11(13)16-12;1-8-6-18-7-10(8)4-5-17(3)12-15-9(2)14-11(13)16-12;1-7-9(4-6-17-7)3-5-13-11-15-8(2)14-10(12)16-11;1-7-5-17-6-9(7)3-4-13-11-15-8(2)14-10(12)16-11;1-7-5-9(6-17-7)3-4-13-11-15-8(2)14-10(12)16-11/h7-8,10H,5-6H2,1-4H3,(H2,14,15,16,17);6,8,10H,5,7H2,1-4H3,(H2,14,15,16,17);7-8,10H,5-6H2,1-4H3,(H2,14,15,16,17);5,7,9H,4,6H2,1-3H3,(H3,13,14,15,16);6-7,9H,4-5H2,1-3H3,(H3,13,14,15,16);4,6,8H,3,5H2,1-2H3,(H4,12,13,14,15,16);2*5-6,8H,3-4H2,1-2H3,(H4,12,13,14,15,16). The second-order valence-electron chi connectivity index (χ2n) is 35.3. The van der Waals surface area contributed by atoms with Crippen molar-refractivity contribution in [1.82, 2.24) is 98.9 Å². The number of rotatable bonds is 24. The maximum atomic E-state index is 5.70. The Bertz CT molecular complexity index is 5480. The number of aliphatic imine (C=N–C) groups is 16. The lowest BCUT2D eigenvalue weighted by Gasteiger charge is -2.26. The second kappa shape index (κ2) is 58.8. The highest BCUT2D eigenvalue weighted by Crippen LogP contribution is 2.22. The Morgan fingerprint density at radius 1 is 0.299 bits per heavy atom. The predicted molar refractivity (Wildman–Crippen MR) is 611 cm³/mol. The summed E-state index contributed by atoms with van der Waals surface area (Å²) < 4.78 is 5.15. The van der Waals surface area contributed by atoms with Gasteiger partial charge in [-0.3, -0.25) is 72.5 Å². The van der Waals surface area contributed by atoms with E-state index in [1.807, 2.05) is 133 Å². The average molecular weight is 2110 g/mol. The van der Waals surface area contributed by atoms with Crippen molar-refractivity contribution in [2.75, 3.05) is 109 Å². The zero-order valence-corrected chi connectivity index (χ0v) is 93.4. The number of nitrogens with two attached hydrogens (primary N) is 5. The normalized spacial score (nSPS) is 20.7. The van der Waals surface area contributed by atoms with Crippen LogP contribution in [0, 0.1) is 55.4 Å². The molecule has 0 saturated carbocycles. The Balaban J connectivity index is 0.000000183. The molecule has 0 radical (unpaired) electrons. The van der Waals surface area contributed by atoms with Crippen molar-refractivity contribution in [2.24, 2.45) is 109 Å². The van der Waals surface area contributed by atoms with Crippen LogP contribution in [0.25, 0.3) is 0 Å². The summed E-state index contributed by atoms with van der Waals surface area (Å²) in [6.45, 7) is 39.0. The number of thiophene rings is 7. The first-order valence-electron chi connectivity index (χ1n) is 47.9. The number of nitrogens with one attached hydrogen (secondary N) is 14. The van der Waals surface area contributed by atoms with E-state index in [0.29, 0.717) is 54.2 Å². The van der Waals surface area contributed by atoms with Gasteiger partial charge in [-0.1, -0.05) is 0 Å². The number of nitrogens with zero attached hydrogens (tertiary/aromatic N) is 21. The molecule has 16 heterocycles. The third-order valence-electron chi connectivity index (χ3n) is 22.1. The van der Waals surface area contributed by atoms with Gasteiger partial charge in [-0.05, 0) is 307 Å². The first-order chi connectivity index (χ1) is 68.7. The molecule has 0 bridgehead atoms. The van der Waals surface area contributed by atoms with Gasteiger partial charge in [0.05, 0.1) is 12.5 Å². The molecule has 8 aromatic heterocycles. The molecule has 8 aliphatic heterocycles. The van der Waals surface area contributed by atoms with Crippen LogP contribution in [0.4, 0.5) is 0 Å². The van der Waals surface area contributed by atoms with Gasteiger partial charge < -0.3 is 89.5 Å². The molecule has 0 spiro atoms. The van der Waals surface area contributed by atoms with Crippen molar-refractivity contribution in [3.8, 4) is 0 Å². The van der Waals surface area contributed by atoms with Crippen LogP contribution < -0.4 is 103 Å². The van der Waals surface area contributed by atoms with Gasteiger partial charge in [-0.15, -0.1) is 45.3 Å². The lowest BCUT2D eigenvalue weighted by Crippen LogP contribution is -2.53. The molecular weight excluding hydrogens is 1950 g/mol. The summed E-state index contributed by atoms with van der Waals surface area (Å²) in [7, 11) is 15.8. The Hall–Kier alpha value is -12.9. The Morgan fingerprint density at radius 2 is 0.590 bits per heavy atom. The van der Waals surface area contributed by atoms with E-state index >= 15 is 0 Å². The Morgan fingerprint density at radius 3 is 0.868 bits per heavy atom. The van der Waals surface area contributed by atoms with E-state index in [1.165, 1.54) is 86.3 Å².